The van der Waals surface area contributed by atoms with Crippen molar-refractivity contribution in [2.24, 2.45) is 5.92 Å². The molecule has 0 aliphatic carbocycles. The Morgan fingerprint density at radius 3 is 2.55 bits per heavy atom. The van der Waals surface area contributed by atoms with Crippen molar-refractivity contribution >= 4 is 27.3 Å². The summed E-state index contributed by atoms with van der Waals surface area (Å²) < 4.78 is 26.8. The minimum Gasteiger partial charge on any atom is -0.481 e. The SMILES string of the molecule is Cc1ccc(S(=O)(=O)N2CCC(CCC(=O)O)CC2)s1. The zero-order chi connectivity index (χ0) is 14.8. The lowest BCUT2D eigenvalue weighted by atomic mass is 9.93. The van der Waals surface area contributed by atoms with Crippen LogP contribution in [0.3, 0.4) is 0 Å². The van der Waals surface area contributed by atoms with E-state index in [9.17, 15) is 13.2 Å². The monoisotopic (exact) mass is 317 g/mol. The molecule has 0 atom stereocenters. The van der Waals surface area contributed by atoms with Crippen molar-refractivity contribution in [2.45, 2.75) is 36.8 Å². The molecule has 0 saturated carbocycles. The van der Waals surface area contributed by atoms with Gasteiger partial charge in [-0.25, -0.2) is 8.42 Å². The number of carboxylic acids is 1. The normalized spacial score (nSPS) is 18.2. The van der Waals surface area contributed by atoms with Gasteiger partial charge in [0.05, 0.1) is 0 Å². The summed E-state index contributed by atoms with van der Waals surface area (Å²) in [6.45, 7) is 2.87. The van der Waals surface area contributed by atoms with Crippen LogP contribution in [0.4, 0.5) is 0 Å². The zero-order valence-electron chi connectivity index (χ0n) is 11.4. The Hall–Kier alpha value is -0.920. The number of carboxylic acid groups (broad SMARTS) is 1. The maximum Gasteiger partial charge on any atom is 0.303 e. The summed E-state index contributed by atoms with van der Waals surface area (Å²) in [6.07, 6.45) is 2.30. The van der Waals surface area contributed by atoms with Crippen molar-refractivity contribution in [3.63, 3.8) is 0 Å². The van der Waals surface area contributed by atoms with Crippen LogP contribution in [0.15, 0.2) is 16.3 Å². The highest BCUT2D eigenvalue weighted by Crippen LogP contribution is 2.29. The van der Waals surface area contributed by atoms with Gasteiger partial charge in [-0.2, -0.15) is 4.31 Å². The van der Waals surface area contributed by atoms with Crippen LogP contribution in [0.2, 0.25) is 0 Å². The molecule has 2 rings (SSSR count). The Labute approximate surface area is 123 Å². The average molecular weight is 317 g/mol. The second kappa shape index (κ2) is 6.24. The van der Waals surface area contributed by atoms with Gasteiger partial charge in [-0.3, -0.25) is 4.79 Å². The lowest BCUT2D eigenvalue weighted by molar-refractivity contribution is -0.137. The summed E-state index contributed by atoms with van der Waals surface area (Å²) in [4.78, 5) is 11.5. The van der Waals surface area contributed by atoms with Gasteiger partial charge >= 0.3 is 5.97 Å². The molecule has 1 saturated heterocycles. The van der Waals surface area contributed by atoms with Gasteiger partial charge in [-0.05, 0) is 44.2 Å². The molecular weight excluding hydrogens is 298 g/mol. The van der Waals surface area contributed by atoms with Crippen LogP contribution in [-0.2, 0) is 14.8 Å². The van der Waals surface area contributed by atoms with Crippen LogP contribution in [0.5, 0.6) is 0 Å². The number of aryl methyl sites for hydroxylation is 1. The van der Waals surface area contributed by atoms with Crippen molar-refractivity contribution in [1.82, 2.24) is 4.31 Å². The maximum absolute atomic E-state index is 12.4. The van der Waals surface area contributed by atoms with Gasteiger partial charge in [0.15, 0.2) is 0 Å². The highest BCUT2D eigenvalue weighted by atomic mass is 32.2. The van der Waals surface area contributed by atoms with Crippen LogP contribution in [0, 0.1) is 12.8 Å². The van der Waals surface area contributed by atoms with Gasteiger partial charge in [-0.15, -0.1) is 11.3 Å². The molecular formula is C13H19NO4S2. The van der Waals surface area contributed by atoms with Crippen molar-refractivity contribution < 1.29 is 18.3 Å². The minimum atomic E-state index is -3.36. The first-order valence-corrected chi connectivity index (χ1v) is 8.93. The van der Waals surface area contributed by atoms with E-state index in [1.807, 2.05) is 13.0 Å². The molecule has 0 spiro atoms. The summed E-state index contributed by atoms with van der Waals surface area (Å²) in [6, 6.07) is 3.48. The molecule has 20 heavy (non-hydrogen) atoms. The van der Waals surface area contributed by atoms with Crippen LogP contribution in [-0.4, -0.2) is 36.9 Å². The van der Waals surface area contributed by atoms with Crippen LogP contribution < -0.4 is 0 Å². The number of carbonyl (C=O) groups is 1. The predicted molar refractivity (Wildman–Crippen MR) is 77.4 cm³/mol. The molecule has 2 heterocycles. The van der Waals surface area contributed by atoms with E-state index in [4.69, 9.17) is 5.11 Å². The Bertz CT molecular complexity index is 571. The molecule has 0 unspecified atom stereocenters. The van der Waals surface area contributed by atoms with E-state index in [0.717, 1.165) is 17.7 Å². The fourth-order valence-electron chi connectivity index (χ4n) is 2.44. The molecule has 1 N–H and O–H groups in total. The van der Waals surface area contributed by atoms with Gasteiger partial charge in [0.2, 0.25) is 0 Å². The van der Waals surface area contributed by atoms with E-state index < -0.39 is 16.0 Å². The fourth-order valence-corrected chi connectivity index (χ4v) is 5.35. The summed E-state index contributed by atoms with van der Waals surface area (Å²) >= 11 is 1.30. The predicted octanol–water partition coefficient (Wildman–Crippen LogP) is 2.32. The Kier molecular flexibility index (Phi) is 4.82. The molecule has 1 aromatic rings. The molecule has 0 bridgehead atoms. The number of aliphatic carboxylic acids is 1. The number of hydrogen-bond donors (Lipinski definition) is 1. The quantitative estimate of drug-likeness (QED) is 0.904. The van der Waals surface area contributed by atoms with E-state index in [1.165, 1.54) is 15.6 Å². The maximum atomic E-state index is 12.4. The second-order valence-electron chi connectivity index (χ2n) is 5.14. The molecule has 0 aromatic carbocycles. The largest absolute Gasteiger partial charge is 0.481 e. The number of thiophene rings is 1. The highest BCUT2D eigenvalue weighted by molar-refractivity contribution is 7.91. The first kappa shape index (κ1) is 15.5. The minimum absolute atomic E-state index is 0.168. The Morgan fingerprint density at radius 1 is 1.40 bits per heavy atom. The van der Waals surface area contributed by atoms with Gasteiger partial charge in [0.1, 0.15) is 4.21 Å². The third kappa shape index (κ3) is 3.59. The first-order valence-electron chi connectivity index (χ1n) is 6.68. The van der Waals surface area contributed by atoms with E-state index in [1.54, 1.807) is 6.07 Å². The van der Waals surface area contributed by atoms with Crippen LogP contribution >= 0.6 is 11.3 Å². The van der Waals surface area contributed by atoms with Gasteiger partial charge in [0.25, 0.3) is 10.0 Å². The number of nitrogens with zero attached hydrogens (tertiary/aromatic N) is 1. The Balaban J connectivity index is 1.95. The number of rotatable bonds is 5. The first-order chi connectivity index (χ1) is 9.39. The smallest absolute Gasteiger partial charge is 0.303 e. The highest BCUT2D eigenvalue weighted by Gasteiger charge is 2.30. The Morgan fingerprint density at radius 2 is 2.05 bits per heavy atom. The lowest BCUT2D eigenvalue weighted by Gasteiger charge is -2.30. The topological polar surface area (TPSA) is 74.7 Å². The van der Waals surface area contributed by atoms with Crippen molar-refractivity contribution in [3.8, 4) is 0 Å². The van der Waals surface area contributed by atoms with Crippen molar-refractivity contribution in [3.05, 3.63) is 17.0 Å². The van der Waals surface area contributed by atoms with Crippen LogP contribution in [0.1, 0.15) is 30.6 Å². The molecule has 1 fully saturated rings. The van der Waals surface area contributed by atoms with E-state index >= 15 is 0 Å². The number of hydrogen-bond acceptors (Lipinski definition) is 4. The molecule has 7 heteroatoms. The summed E-state index contributed by atoms with van der Waals surface area (Å²) in [5.41, 5.74) is 0. The van der Waals surface area contributed by atoms with Crippen molar-refractivity contribution in [2.75, 3.05) is 13.1 Å². The molecule has 1 aromatic heterocycles. The summed E-state index contributed by atoms with van der Waals surface area (Å²) in [5, 5.41) is 8.67. The number of sulfonamides is 1. The molecule has 0 amide bonds. The zero-order valence-corrected chi connectivity index (χ0v) is 13.0. The standard InChI is InChI=1S/C13H19NO4S2/c1-10-2-5-13(19-10)20(17,18)14-8-6-11(7-9-14)3-4-12(15)16/h2,5,11H,3-4,6-9H2,1H3,(H,15,16). The van der Waals surface area contributed by atoms with E-state index in [-0.39, 0.29) is 6.42 Å². The van der Waals surface area contributed by atoms with Crippen molar-refractivity contribution in [1.29, 1.82) is 0 Å². The lowest BCUT2D eigenvalue weighted by Crippen LogP contribution is -2.38. The molecule has 1 aliphatic rings. The number of piperidine rings is 1. The summed E-state index contributed by atoms with van der Waals surface area (Å²) in [7, 11) is -3.36. The van der Waals surface area contributed by atoms with Crippen LogP contribution in [0.25, 0.3) is 0 Å². The molecule has 112 valence electrons. The second-order valence-corrected chi connectivity index (χ2v) is 8.60. The third-order valence-corrected chi connectivity index (χ3v) is 7.02. The third-order valence-electron chi connectivity index (χ3n) is 3.65. The summed E-state index contributed by atoms with van der Waals surface area (Å²) in [5.74, 6) is -0.461. The average Bonchev–Trinajstić information content (AvgIpc) is 2.84. The van der Waals surface area contributed by atoms with E-state index in [0.29, 0.717) is 29.6 Å². The fraction of sp³-hybridized carbons (Fsp3) is 0.615. The van der Waals surface area contributed by atoms with Gasteiger partial charge < -0.3 is 5.11 Å². The molecule has 5 nitrogen and oxygen atoms in total. The molecule has 0 radical (unpaired) electrons. The van der Waals surface area contributed by atoms with E-state index in [2.05, 4.69) is 0 Å². The van der Waals surface area contributed by atoms with Gasteiger partial charge in [-0.1, -0.05) is 0 Å². The van der Waals surface area contributed by atoms with Gasteiger partial charge in [0, 0.05) is 24.4 Å². The molecule has 1 aliphatic heterocycles.